The Morgan fingerprint density at radius 2 is 2.19 bits per heavy atom. The van der Waals surface area contributed by atoms with Gasteiger partial charge in [-0.2, -0.15) is 0 Å². The SMILES string of the molecule is Clc1nc(CC2CCCO2)nc2c1CCC2. The zero-order valence-electron chi connectivity index (χ0n) is 9.21. The van der Waals surface area contributed by atoms with Gasteiger partial charge in [0.25, 0.3) is 0 Å². The monoisotopic (exact) mass is 238 g/mol. The fourth-order valence-electron chi connectivity index (χ4n) is 2.54. The average Bonchev–Trinajstić information content (AvgIpc) is 2.87. The standard InChI is InChI=1S/C12H15ClN2O/c13-12-9-4-1-5-10(9)14-11(15-12)7-8-3-2-6-16-8/h8H,1-7H2. The van der Waals surface area contributed by atoms with E-state index in [1.807, 2.05) is 0 Å². The summed E-state index contributed by atoms with van der Waals surface area (Å²) in [6.45, 7) is 0.878. The Bertz CT molecular complexity index is 402. The van der Waals surface area contributed by atoms with Crippen molar-refractivity contribution in [2.75, 3.05) is 6.61 Å². The third kappa shape index (κ3) is 1.94. The number of hydrogen-bond acceptors (Lipinski definition) is 3. The summed E-state index contributed by atoms with van der Waals surface area (Å²) in [5.41, 5.74) is 2.32. The van der Waals surface area contributed by atoms with Crippen LogP contribution in [0.2, 0.25) is 5.15 Å². The van der Waals surface area contributed by atoms with Gasteiger partial charge in [0.15, 0.2) is 0 Å². The van der Waals surface area contributed by atoms with Crippen LogP contribution < -0.4 is 0 Å². The molecule has 0 spiro atoms. The average molecular weight is 239 g/mol. The second-order valence-electron chi connectivity index (χ2n) is 4.55. The summed E-state index contributed by atoms with van der Waals surface area (Å²) in [6.07, 6.45) is 6.64. The van der Waals surface area contributed by atoms with Crippen molar-refractivity contribution in [3.05, 3.63) is 22.2 Å². The molecule has 0 bridgehead atoms. The Kier molecular flexibility index (Phi) is 2.82. The molecule has 2 aliphatic rings. The molecule has 0 aromatic carbocycles. The van der Waals surface area contributed by atoms with E-state index in [1.54, 1.807) is 0 Å². The van der Waals surface area contributed by atoms with Crippen LogP contribution in [0.25, 0.3) is 0 Å². The number of rotatable bonds is 2. The lowest BCUT2D eigenvalue weighted by molar-refractivity contribution is 0.110. The van der Waals surface area contributed by atoms with Crippen LogP contribution >= 0.6 is 11.6 Å². The lowest BCUT2D eigenvalue weighted by Gasteiger charge is -2.09. The van der Waals surface area contributed by atoms with Gasteiger partial charge < -0.3 is 4.74 Å². The van der Waals surface area contributed by atoms with Crippen LogP contribution in [0.3, 0.4) is 0 Å². The maximum Gasteiger partial charge on any atom is 0.136 e. The molecule has 3 nitrogen and oxygen atoms in total. The summed E-state index contributed by atoms with van der Waals surface area (Å²) in [5.74, 6) is 0.859. The van der Waals surface area contributed by atoms with Crippen molar-refractivity contribution < 1.29 is 4.74 Å². The second-order valence-corrected chi connectivity index (χ2v) is 4.91. The number of nitrogens with zero attached hydrogens (tertiary/aromatic N) is 2. The van der Waals surface area contributed by atoms with E-state index in [0.717, 1.165) is 62.2 Å². The highest BCUT2D eigenvalue weighted by Crippen LogP contribution is 2.26. The van der Waals surface area contributed by atoms with E-state index < -0.39 is 0 Å². The molecule has 16 heavy (non-hydrogen) atoms. The Morgan fingerprint density at radius 3 is 3.00 bits per heavy atom. The van der Waals surface area contributed by atoms with Crippen molar-refractivity contribution in [2.24, 2.45) is 0 Å². The Morgan fingerprint density at radius 1 is 1.25 bits per heavy atom. The molecule has 1 saturated heterocycles. The molecule has 1 atom stereocenters. The van der Waals surface area contributed by atoms with E-state index in [9.17, 15) is 0 Å². The van der Waals surface area contributed by atoms with Crippen LogP contribution in [0.4, 0.5) is 0 Å². The van der Waals surface area contributed by atoms with E-state index in [1.165, 1.54) is 0 Å². The second kappa shape index (κ2) is 4.30. The van der Waals surface area contributed by atoms with Gasteiger partial charge in [-0.1, -0.05) is 11.6 Å². The molecule has 3 rings (SSSR count). The highest BCUT2D eigenvalue weighted by atomic mass is 35.5. The van der Waals surface area contributed by atoms with Gasteiger partial charge in [0.05, 0.1) is 6.10 Å². The van der Waals surface area contributed by atoms with Crippen molar-refractivity contribution >= 4 is 11.6 Å². The minimum Gasteiger partial charge on any atom is -0.378 e. The first-order chi connectivity index (χ1) is 7.83. The summed E-state index contributed by atoms with van der Waals surface area (Å²) in [7, 11) is 0. The zero-order valence-corrected chi connectivity index (χ0v) is 9.96. The van der Waals surface area contributed by atoms with E-state index in [2.05, 4.69) is 9.97 Å². The quantitative estimate of drug-likeness (QED) is 0.742. The first kappa shape index (κ1) is 10.5. The minimum absolute atomic E-state index is 0.301. The first-order valence-corrected chi connectivity index (χ1v) is 6.36. The summed E-state index contributed by atoms with van der Waals surface area (Å²) < 4.78 is 5.59. The van der Waals surface area contributed by atoms with Crippen LogP contribution in [0.5, 0.6) is 0 Å². The van der Waals surface area contributed by atoms with Gasteiger partial charge in [-0.3, -0.25) is 0 Å². The van der Waals surface area contributed by atoms with Crippen LogP contribution in [0.15, 0.2) is 0 Å². The molecule has 1 fully saturated rings. The minimum atomic E-state index is 0.301. The summed E-state index contributed by atoms with van der Waals surface area (Å²) >= 11 is 6.17. The van der Waals surface area contributed by atoms with E-state index in [0.29, 0.717) is 11.3 Å². The predicted molar refractivity (Wildman–Crippen MR) is 61.7 cm³/mol. The molecule has 0 radical (unpaired) electrons. The molecular formula is C12H15ClN2O. The molecule has 86 valence electrons. The number of aryl methyl sites for hydroxylation is 1. The van der Waals surface area contributed by atoms with Crippen LogP contribution in [0.1, 0.15) is 36.3 Å². The van der Waals surface area contributed by atoms with Gasteiger partial charge >= 0.3 is 0 Å². The molecule has 1 aromatic rings. The van der Waals surface area contributed by atoms with Crippen LogP contribution in [-0.4, -0.2) is 22.7 Å². The largest absolute Gasteiger partial charge is 0.378 e. The number of halogens is 1. The zero-order chi connectivity index (χ0) is 11.0. The molecule has 1 unspecified atom stereocenters. The van der Waals surface area contributed by atoms with Gasteiger partial charge in [0.1, 0.15) is 11.0 Å². The summed E-state index contributed by atoms with van der Waals surface area (Å²) in [5, 5.41) is 0.662. The van der Waals surface area contributed by atoms with E-state index >= 15 is 0 Å². The maximum atomic E-state index is 6.17. The number of aromatic nitrogens is 2. The molecule has 0 saturated carbocycles. The highest BCUT2D eigenvalue weighted by molar-refractivity contribution is 6.30. The molecule has 1 aliphatic heterocycles. The molecular weight excluding hydrogens is 224 g/mol. The van der Waals surface area contributed by atoms with Crippen molar-refractivity contribution in [2.45, 2.75) is 44.6 Å². The maximum absolute atomic E-state index is 6.17. The van der Waals surface area contributed by atoms with Crippen molar-refractivity contribution in [3.63, 3.8) is 0 Å². The van der Waals surface area contributed by atoms with E-state index in [4.69, 9.17) is 16.3 Å². The molecule has 0 amide bonds. The highest BCUT2D eigenvalue weighted by Gasteiger charge is 2.21. The predicted octanol–water partition coefficient (Wildman–Crippen LogP) is 2.34. The lowest BCUT2D eigenvalue weighted by Crippen LogP contribution is -2.13. The Balaban J connectivity index is 1.82. The normalized spacial score (nSPS) is 23.7. The molecule has 2 heterocycles. The van der Waals surface area contributed by atoms with Gasteiger partial charge in [-0.15, -0.1) is 0 Å². The van der Waals surface area contributed by atoms with Crippen LogP contribution in [-0.2, 0) is 24.0 Å². The van der Waals surface area contributed by atoms with Crippen molar-refractivity contribution in [1.82, 2.24) is 9.97 Å². The van der Waals surface area contributed by atoms with Gasteiger partial charge in [0, 0.05) is 24.3 Å². The Hall–Kier alpha value is -0.670. The van der Waals surface area contributed by atoms with Gasteiger partial charge in [-0.05, 0) is 32.1 Å². The summed E-state index contributed by atoms with van der Waals surface area (Å²) in [6, 6.07) is 0. The third-order valence-corrected chi connectivity index (χ3v) is 3.68. The topological polar surface area (TPSA) is 35.0 Å². The number of hydrogen-bond donors (Lipinski definition) is 0. The number of fused-ring (bicyclic) bond motifs is 1. The van der Waals surface area contributed by atoms with Crippen LogP contribution in [0, 0.1) is 0 Å². The fourth-order valence-corrected chi connectivity index (χ4v) is 2.84. The lowest BCUT2D eigenvalue weighted by atomic mass is 10.1. The molecule has 1 aliphatic carbocycles. The molecule has 0 N–H and O–H groups in total. The van der Waals surface area contributed by atoms with Crippen molar-refractivity contribution in [3.8, 4) is 0 Å². The third-order valence-electron chi connectivity index (χ3n) is 3.36. The fraction of sp³-hybridized carbons (Fsp3) is 0.667. The molecule has 4 heteroatoms. The summed E-state index contributed by atoms with van der Waals surface area (Å²) in [4.78, 5) is 8.98. The smallest absolute Gasteiger partial charge is 0.136 e. The van der Waals surface area contributed by atoms with Crippen molar-refractivity contribution in [1.29, 1.82) is 0 Å². The molecule has 1 aromatic heterocycles. The van der Waals surface area contributed by atoms with Gasteiger partial charge in [0.2, 0.25) is 0 Å². The first-order valence-electron chi connectivity index (χ1n) is 5.98. The number of ether oxygens (including phenoxy) is 1. The Labute approximate surface area is 100 Å². The van der Waals surface area contributed by atoms with E-state index in [-0.39, 0.29) is 0 Å². The van der Waals surface area contributed by atoms with Gasteiger partial charge in [-0.25, -0.2) is 9.97 Å².